The van der Waals surface area contributed by atoms with Crippen molar-refractivity contribution in [2.75, 3.05) is 10.3 Å². The topological polar surface area (TPSA) is 114 Å². The van der Waals surface area contributed by atoms with Crippen molar-refractivity contribution < 1.29 is 9.90 Å². The van der Waals surface area contributed by atoms with Gasteiger partial charge in [-0.15, -0.1) is 0 Å². The summed E-state index contributed by atoms with van der Waals surface area (Å²) in [4.78, 5) is 20.4. The number of rotatable bonds is 4. The molecule has 2 heterocycles. The predicted octanol–water partition coefficient (Wildman–Crippen LogP) is 3.47. The number of carboxylic acid groups (broad SMARTS) is 1. The Morgan fingerprint density at radius 2 is 2.07 bits per heavy atom. The number of hydrazone groups is 1. The number of hydrogen-bond acceptors (Lipinski definition) is 7. The first-order valence-corrected chi connectivity index (χ1v) is 9.61. The van der Waals surface area contributed by atoms with Gasteiger partial charge < -0.3 is 5.11 Å². The van der Waals surface area contributed by atoms with Crippen LogP contribution in [0.3, 0.4) is 0 Å². The summed E-state index contributed by atoms with van der Waals surface area (Å²) in [5.74, 6) is -0.427. The second-order valence-electron chi connectivity index (χ2n) is 7.43. The van der Waals surface area contributed by atoms with E-state index in [0.717, 1.165) is 5.39 Å². The summed E-state index contributed by atoms with van der Waals surface area (Å²) >= 11 is 0. The van der Waals surface area contributed by atoms with Gasteiger partial charge in [-0.2, -0.15) is 15.3 Å². The second kappa shape index (κ2) is 7.43. The fraction of sp³-hybridized carbons (Fsp3) is 0.450. The van der Waals surface area contributed by atoms with E-state index >= 15 is 0 Å². The van der Waals surface area contributed by atoms with Crippen molar-refractivity contribution in [1.29, 1.82) is 5.26 Å². The standard InChI is InChI=1S/C20H22N6O2/c1-12-16(19(27)28)10-23-26(12)20-24-17-8-7-14(13-5-3-2-4-6-13)9-15(17)18(25-20)22-11-21/h7-10,12-13,16H,2-6H2,1H3,(H,27,28)(H,22,24,25). The Morgan fingerprint density at radius 3 is 2.75 bits per heavy atom. The second-order valence-corrected chi connectivity index (χ2v) is 7.43. The molecule has 8 heteroatoms. The van der Waals surface area contributed by atoms with Gasteiger partial charge in [0.25, 0.3) is 0 Å². The van der Waals surface area contributed by atoms with E-state index in [9.17, 15) is 15.2 Å². The van der Waals surface area contributed by atoms with Crippen LogP contribution in [-0.2, 0) is 4.79 Å². The zero-order valence-electron chi connectivity index (χ0n) is 15.7. The van der Waals surface area contributed by atoms with Crippen LogP contribution in [0.1, 0.15) is 50.5 Å². The third kappa shape index (κ3) is 3.24. The minimum Gasteiger partial charge on any atom is -0.481 e. The van der Waals surface area contributed by atoms with Gasteiger partial charge >= 0.3 is 5.97 Å². The third-order valence-electron chi connectivity index (χ3n) is 5.71. The number of nitrogens with one attached hydrogen (secondary N) is 1. The van der Waals surface area contributed by atoms with Gasteiger partial charge in [-0.1, -0.05) is 25.3 Å². The molecular weight excluding hydrogens is 356 g/mol. The van der Waals surface area contributed by atoms with E-state index in [4.69, 9.17) is 0 Å². The smallest absolute Gasteiger partial charge is 0.314 e. The predicted molar refractivity (Wildman–Crippen MR) is 106 cm³/mol. The average molecular weight is 378 g/mol. The number of nitrogens with zero attached hydrogens (tertiary/aromatic N) is 5. The minimum absolute atomic E-state index is 0.281. The van der Waals surface area contributed by atoms with E-state index in [1.54, 1.807) is 6.92 Å². The number of hydrogen-bond donors (Lipinski definition) is 2. The van der Waals surface area contributed by atoms with E-state index in [1.807, 2.05) is 12.3 Å². The van der Waals surface area contributed by atoms with Gasteiger partial charge in [0, 0.05) is 11.6 Å². The molecule has 1 aliphatic carbocycles. The summed E-state index contributed by atoms with van der Waals surface area (Å²) in [5.41, 5.74) is 1.95. The lowest BCUT2D eigenvalue weighted by Gasteiger charge is -2.23. The number of carboxylic acids is 1. The van der Waals surface area contributed by atoms with Crippen LogP contribution >= 0.6 is 0 Å². The zero-order valence-corrected chi connectivity index (χ0v) is 15.7. The lowest BCUT2D eigenvalue weighted by molar-refractivity contribution is -0.139. The molecule has 0 spiro atoms. The maximum absolute atomic E-state index is 11.3. The van der Waals surface area contributed by atoms with E-state index < -0.39 is 17.9 Å². The molecule has 0 bridgehead atoms. The summed E-state index contributed by atoms with van der Waals surface area (Å²) in [5, 5.41) is 27.6. The van der Waals surface area contributed by atoms with Crippen molar-refractivity contribution in [3.63, 3.8) is 0 Å². The van der Waals surface area contributed by atoms with Gasteiger partial charge in [0.15, 0.2) is 12.0 Å². The van der Waals surface area contributed by atoms with Gasteiger partial charge in [0.05, 0.1) is 11.6 Å². The van der Waals surface area contributed by atoms with Crippen LogP contribution in [0.15, 0.2) is 23.3 Å². The highest BCUT2D eigenvalue weighted by molar-refractivity contribution is 5.93. The molecule has 1 saturated carbocycles. The summed E-state index contributed by atoms with van der Waals surface area (Å²) in [6.45, 7) is 1.77. The highest BCUT2D eigenvalue weighted by Crippen LogP contribution is 2.35. The number of benzene rings is 1. The number of anilines is 2. The molecule has 28 heavy (non-hydrogen) atoms. The first-order chi connectivity index (χ1) is 13.6. The van der Waals surface area contributed by atoms with Gasteiger partial charge in [0.1, 0.15) is 5.92 Å². The molecule has 1 aliphatic heterocycles. The number of aliphatic carboxylic acids is 1. The Morgan fingerprint density at radius 1 is 1.29 bits per heavy atom. The van der Waals surface area contributed by atoms with Crippen LogP contribution in [0.2, 0.25) is 0 Å². The van der Waals surface area contributed by atoms with Gasteiger partial charge in [-0.25, -0.2) is 9.99 Å². The molecule has 8 nitrogen and oxygen atoms in total. The van der Waals surface area contributed by atoms with Crippen molar-refractivity contribution in [3.8, 4) is 6.19 Å². The Labute approximate surface area is 162 Å². The molecule has 4 rings (SSSR count). The van der Waals surface area contributed by atoms with Crippen LogP contribution in [0.5, 0.6) is 0 Å². The zero-order chi connectivity index (χ0) is 19.7. The third-order valence-corrected chi connectivity index (χ3v) is 5.71. The molecular formula is C20H22N6O2. The maximum Gasteiger partial charge on any atom is 0.314 e. The average Bonchev–Trinajstić information content (AvgIpc) is 3.10. The van der Waals surface area contributed by atoms with Crippen LogP contribution in [0.4, 0.5) is 11.8 Å². The van der Waals surface area contributed by atoms with Gasteiger partial charge in [-0.3, -0.25) is 10.1 Å². The van der Waals surface area contributed by atoms with Crippen molar-refractivity contribution in [1.82, 2.24) is 9.97 Å². The maximum atomic E-state index is 11.3. The van der Waals surface area contributed by atoms with E-state index in [1.165, 1.54) is 48.9 Å². The highest BCUT2D eigenvalue weighted by Gasteiger charge is 2.35. The van der Waals surface area contributed by atoms with Crippen molar-refractivity contribution in [3.05, 3.63) is 23.8 Å². The van der Waals surface area contributed by atoms with Crippen LogP contribution in [0.25, 0.3) is 10.9 Å². The number of fused-ring (bicyclic) bond motifs is 1. The summed E-state index contributed by atoms with van der Waals surface area (Å²) in [6, 6.07) is 5.71. The lowest BCUT2D eigenvalue weighted by atomic mass is 9.84. The van der Waals surface area contributed by atoms with Crippen LogP contribution in [0, 0.1) is 17.4 Å². The molecule has 0 radical (unpaired) electrons. The normalized spacial score (nSPS) is 22.4. The minimum atomic E-state index is -0.938. The van der Waals surface area contributed by atoms with E-state index in [-0.39, 0.29) is 5.95 Å². The molecule has 1 fully saturated rings. The first kappa shape index (κ1) is 18.2. The van der Waals surface area contributed by atoms with Crippen LogP contribution in [-0.4, -0.2) is 33.3 Å². The Hall–Kier alpha value is -3.21. The molecule has 2 aromatic rings. The quantitative estimate of drug-likeness (QED) is 0.618. The molecule has 0 saturated heterocycles. The fourth-order valence-electron chi connectivity index (χ4n) is 4.10. The van der Waals surface area contributed by atoms with Crippen molar-refractivity contribution in [2.45, 2.75) is 51.0 Å². The van der Waals surface area contributed by atoms with E-state index in [2.05, 4.69) is 32.5 Å². The fourth-order valence-corrected chi connectivity index (χ4v) is 4.10. The van der Waals surface area contributed by atoms with Crippen molar-refractivity contribution in [2.24, 2.45) is 11.0 Å². The number of aromatic nitrogens is 2. The summed E-state index contributed by atoms with van der Waals surface area (Å²) < 4.78 is 0. The SMILES string of the molecule is CC1C(C(=O)O)C=NN1c1nc(NC#N)c2cc(C3CCCCC3)ccc2n1. The van der Waals surface area contributed by atoms with Crippen LogP contribution < -0.4 is 10.3 Å². The summed E-state index contributed by atoms with van der Waals surface area (Å²) in [7, 11) is 0. The molecule has 2 atom stereocenters. The Kier molecular flexibility index (Phi) is 4.82. The van der Waals surface area contributed by atoms with Crippen molar-refractivity contribution >= 4 is 34.9 Å². The molecule has 2 unspecified atom stereocenters. The molecule has 144 valence electrons. The molecule has 2 aliphatic rings. The van der Waals surface area contributed by atoms with Gasteiger partial charge in [0.2, 0.25) is 5.95 Å². The van der Waals surface area contributed by atoms with Gasteiger partial charge in [-0.05, 0) is 43.4 Å². The Balaban J connectivity index is 1.73. The molecule has 1 aromatic carbocycles. The first-order valence-electron chi connectivity index (χ1n) is 9.61. The summed E-state index contributed by atoms with van der Waals surface area (Å²) in [6.07, 6.45) is 9.49. The van der Waals surface area contributed by atoms with E-state index in [0.29, 0.717) is 17.3 Å². The molecule has 0 amide bonds. The highest BCUT2D eigenvalue weighted by atomic mass is 16.4. The molecule has 2 N–H and O–H groups in total. The number of nitriles is 1. The molecule has 1 aromatic heterocycles. The monoisotopic (exact) mass is 378 g/mol. The Bertz CT molecular complexity index is 977. The lowest BCUT2D eigenvalue weighted by Crippen LogP contribution is -2.34. The number of carbonyl (C=O) groups is 1. The largest absolute Gasteiger partial charge is 0.481 e.